The third-order valence-corrected chi connectivity index (χ3v) is 15.2. The molecule has 0 saturated heterocycles. The highest BCUT2D eigenvalue weighted by Crippen LogP contribution is 2.66. The van der Waals surface area contributed by atoms with Crippen LogP contribution in [0.2, 0.25) is 0 Å². The van der Waals surface area contributed by atoms with E-state index in [-0.39, 0.29) is 0 Å². The second-order valence-corrected chi connectivity index (χ2v) is 17.7. The molecule has 0 aliphatic rings. The largest absolute Gasteiger partial charge is 0.161 e. The maximum atomic E-state index is 4.01. The Bertz CT molecular complexity index is 692. The normalized spacial score (nSPS) is 15.3. The molecule has 0 saturated carbocycles. The number of halogens is 8. The topological polar surface area (TPSA) is 0 Å². The van der Waals surface area contributed by atoms with E-state index in [9.17, 15) is 0 Å². The molecule has 0 bridgehead atoms. The van der Waals surface area contributed by atoms with Crippen LogP contribution in [-0.2, 0) is 4.32 Å². The van der Waals surface area contributed by atoms with E-state index in [1.54, 1.807) is 0 Å². The molecule has 0 heterocycles. The first-order valence-corrected chi connectivity index (χ1v) is 12.5. The quantitative estimate of drug-likeness (QED) is 0.271. The third-order valence-electron chi connectivity index (χ3n) is 3.28. The van der Waals surface area contributed by atoms with Crippen molar-refractivity contribution in [1.29, 1.82) is 0 Å². The first kappa shape index (κ1) is 21.6. The molecule has 0 amide bonds. The highest BCUT2D eigenvalue weighted by atomic mass is 80.0. The predicted octanol–water partition coefficient (Wildman–Crippen LogP) is 9.17. The van der Waals surface area contributed by atoms with Gasteiger partial charge in [0, 0.05) is 8.95 Å². The second kappa shape index (κ2) is 8.11. The van der Waals surface area contributed by atoms with Crippen LogP contribution in [0.1, 0.15) is 11.1 Å². The zero-order chi connectivity index (χ0) is 17.5. The van der Waals surface area contributed by atoms with Crippen molar-refractivity contribution < 1.29 is 0 Å². The van der Waals surface area contributed by atoms with E-state index in [1.807, 2.05) is 30.3 Å². The van der Waals surface area contributed by atoms with E-state index in [4.69, 9.17) is 0 Å². The van der Waals surface area contributed by atoms with E-state index in [1.165, 1.54) is 0 Å². The van der Waals surface area contributed by atoms with Crippen LogP contribution in [0.5, 0.6) is 0 Å². The van der Waals surface area contributed by atoms with Gasteiger partial charge in [-0.25, -0.2) is 0 Å². The van der Waals surface area contributed by atoms with Gasteiger partial charge in [0.2, 0.25) is 0 Å². The Labute approximate surface area is 203 Å². The lowest BCUT2D eigenvalue weighted by molar-refractivity contribution is 0.705. The van der Waals surface area contributed by atoms with Crippen LogP contribution in [0.3, 0.4) is 0 Å². The molecule has 0 nitrogen and oxygen atoms in total. The van der Waals surface area contributed by atoms with Crippen LogP contribution in [0.4, 0.5) is 0 Å². The van der Waals surface area contributed by atoms with Crippen molar-refractivity contribution in [2.75, 3.05) is 0 Å². The summed E-state index contributed by atoms with van der Waals surface area (Å²) in [6, 6.07) is 16.3. The van der Waals surface area contributed by atoms with Crippen molar-refractivity contribution >= 4 is 127 Å². The maximum absolute atomic E-state index is 4.01. The zero-order valence-corrected chi connectivity index (χ0v) is 23.8. The van der Waals surface area contributed by atoms with Crippen LogP contribution >= 0.6 is 127 Å². The molecule has 23 heavy (non-hydrogen) atoms. The molecular weight excluding hydrogens is 819 g/mol. The smallest absolute Gasteiger partial charge is 0.0722 e. The van der Waals surface area contributed by atoms with Gasteiger partial charge in [0.25, 0.3) is 0 Å². The summed E-state index contributed by atoms with van der Waals surface area (Å²) in [4.78, 5) is 0. The molecule has 124 valence electrons. The Hall–Kier alpha value is 2.28. The molecule has 1 atom stereocenters. The lowest BCUT2D eigenvalue weighted by Crippen LogP contribution is -2.47. The molecular formula is C15H8Br8. The monoisotopic (exact) mass is 819 g/mol. The van der Waals surface area contributed by atoms with Gasteiger partial charge in [-0.15, -0.1) is 0 Å². The Morgan fingerprint density at radius 2 is 1.22 bits per heavy atom. The highest BCUT2D eigenvalue weighted by Gasteiger charge is 2.59. The lowest BCUT2D eigenvalue weighted by atomic mass is 9.88. The average Bonchev–Trinajstić information content (AvgIpc) is 2.49. The molecule has 1 unspecified atom stereocenters. The summed E-state index contributed by atoms with van der Waals surface area (Å²) in [6.45, 7) is 0. The van der Waals surface area contributed by atoms with Crippen molar-refractivity contribution in [2.45, 2.75) is 9.70 Å². The summed E-state index contributed by atoms with van der Waals surface area (Å²) >= 11 is 30.0. The van der Waals surface area contributed by atoms with E-state index < -0.39 is 9.70 Å². The molecule has 0 aliphatic heterocycles. The van der Waals surface area contributed by atoms with E-state index >= 15 is 0 Å². The summed E-state index contributed by atoms with van der Waals surface area (Å²) in [5.74, 6) is 0. The predicted molar refractivity (Wildman–Crippen MR) is 128 cm³/mol. The van der Waals surface area contributed by atoms with Gasteiger partial charge < -0.3 is 0 Å². The molecule has 0 radical (unpaired) electrons. The molecule has 0 aliphatic carbocycles. The average molecular weight is 827 g/mol. The van der Waals surface area contributed by atoms with Crippen molar-refractivity contribution in [3.63, 3.8) is 0 Å². The molecule has 2 aromatic carbocycles. The van der Waals surface area contributed by atoms with E-state index in [0.717, 1.165) is 20.1 Å². The van der Waals surface area contributed by atoms with Gasteiger partial charge in [-0.2, -0.15) is 0 Å². The minimum absolute atomic E-state index is 0.625. The maximum Gasteiger partial charge on any atom is 0.161 e. The fraction of sp³-hybridized carbons (Fsp3) is 0.200. The summed E-state index contributed by atoms with van der Waals surface area (Å²) in [6.07, 6.45) is 0. The van der Waals surface area contributed by atoms with Gasteiger partial charge >= 0.3 is 0 Å². The van der Waals surface area contributed by atoms with Crippen molar-refractivity contribution in [1.82, 2.24) is 0 Å². The Kier molecular flexibility index (Phi) is 7.61. The molecule has 0 spiro atoms. The van der Waals surface area contributed by atoms with Gasteiger partial charge in [0.15, 0.2) is 2.14 Å². The summed E-state index contributed by atoms with van der Waals surface area (Å²) in [5, 5.41) is 0. The van der Waals surface area contributed by atoms with Crippen LogP contribution < -0.4 is 0 Å². The van der Waals surface area contributed by atoms with Gasteiger partial charge in [0.05, 0.1) is 0 Å². The molecule has 2 aromatic rings. The van der Waals surface area contributed by atoms with Gasteiger partial charge in [-0.05, 0) is 49.1 Å². The number of hydrogen-bond donors (Lipinski definition) is 0. The fourth-order valence-corrected chi connectivity index (χ4v) is 6.80. The minimum Gasteiger partial charge on any atom is -0.0722 e. The number of benzene rings is 2. The van der Waals surface area contributed by atoms with Crippen molar-refractivity contribution in [3.8, 4) is 0 Å². The van der Waals surface area contributed by atoms with Gasteiger partial charge in [-0.3, -0.25) is 0 Å². The highest BCUT2D eigenvalue weighted by molar-refractivity contribution is 9.41. The number of alkyl halides is 6. The zero-order valence-electron chi connectivity index (χ0n) is 11.1. The van der Waals surface area contributed by atoms with Crippen molar-refractivity contribution in [2.24, 2.45) is 0 Å². The van der Waals surface area contributed by atoms with E-state index in [2.05, 4.69) is 146 Å². The van der Waals surface area contributed by atoms with Crippen LogP contribution in [-0.4, -0.2) is 5.38 Å². The SMILES string of the molecule is Brc1cccc(C(Br)(c2ccccc2)C(Br)(Br)C(Br)(Br)Br)c1Br. The molecule has 0 N–H and O–H groups in total. The van der Waals surface area contributed by atoms with Crippen LogP contribution in [0, 0.1) is 0 Å². The standard InChI is InChI=1S/C15H8Br8/c16-11-8-4-7-10(12(11)17)13(18,9-5-2-1-3-6-9)14(19,20)15(21,22)23/h1-8H. The minimum atomic E-state index is -0.676. The van der Waals surface area contributed by atoms with Crippen LogP contribution in [0.25, 0.3) is 0 Å². The summed E-state index contributed by atoms with van der Waals surface area (Å²) < 4.78 is 0.0159. The molecule has 2 rings (SSSR count). The van der Waals surface area contributed by atoms with Gasteiger partial charge in [-0.1, -0.05) is 138 Å². The first-order valence-electron chi connectivity index (χ1n) is 6.17. The first-order chi connectivity index (χ1) is 10.5. The molecule has 0 aromatic heterocycles. The third kappa shape index (κ3) is 4.09. The number of hydrogen-bond acceptors (Lipinski definition) is 0. The summed E-state index contributed by atoms with van der Waals surface area (Å²) in [7, 11) is 0. The number of rotatable bonds is 3. The molecule has 8 heteroatoms. The van der Waals surface area contributed by atoms with E-state index in [0.29, 0.717) is 0 Å². The van der Waals surface area contributed by atoms with Gasteiger partial charge in [0.1, 0.15) is 7.56 Å². The summed E-state index contributed by atoms with van der Waals surface area (Å²) in [5.41, 5.74) is 2.13. The Morgan fingerprint density at radius 3 is 1.74 bits per heavy atom. The van der Waals surface area contributed by atoms with Crippen molar-refractivity contribution in [3.05, 3.63) is 68.6 Å². The second-order valence-electron chi connectivity index (χ2n) is 4.70. The Balaban J connectivity index is 2.84. The Morgan fingerprint density at radius 1 is 0.652 bits per heavy atom. The lowest BCUT2D eigenvalue weighted by Gasteiger charge is -2.45. The van der Waals surface area contributed by atoms with Crippen LogP contribution in [0.15, 0.2) is 57.5 Å². The fourth-order valence-electron chi connectivity index (χ4n) is 2.14. The molecule has 0 fully saturated rings.